The highest BCUT2D eigenvalue weighted by molar-refractivity contribution is 6.33. The van der Waals surface area contributed by atoms with Crippen LogP contribution in [0.3, 0.4) is 0 Å². The lowest BCUT2D eigenvalue weighted by atomic mass is 10.2. The van der Waals surface area contributed by atoms with Crippen molar-refractivity contribution in [3.8, 4) is 0 Å². The summed E-state index contributed by atoms with van der Waals surface area (Å²) in [5.74, 6) is 0.949. The number of imidazole rings is 1. The van der Waals surface area contributed by atoms with Crippen molar-refractivity contribution in [2.45, 2.75) is 39.7 Å². The van der Waals surface area contributed by atoms with E-state index in [2.05, 4.69) is 22.2 Å². The van der Waals surface area contributed by atoms with Crippen LogP contribution in [0.2, 0.25) is 10.2 Å². The van der Waals surface area contributed by atoms with E-state index in [-0.39, 0.29) is 0 Å². The Morgan fingerprint density at radius 3 is 2.80 bits per heavy atom. The Bertz CT molecular complexity index is 558. The van der Waals surface area contributed by atoms with E-state index in [9.17, 15) is 0 Å². The third kappa shape index (κ3) is 3.68. The van der Waals surface area contributed by atoms with Crippen LogP contribution < -0.4 is 5.32 Å². The van der Waals surface area contributed by atoms with E-state index in [1.807, 2.05) is 25.1 Å². The monoisotopic (exact) mass is 311 g/mol. The summed E-state index contributed by atoms with van der Waals surface area (Å²) in [7, 11) is 0. The van der Waals surface area contributed by atoms with E-state index < -0.39 is 0 Å². The van der Waals surface area contributed by atoms with Crippen LogP contribution in [0.15, 0.2) is 18.2 Å². The Kier molecular flexibility index (Phi) is 5.32. The van der Waals surface area contributed by atoms with Crippen molar-refractivity contribution < 1.29 is 0 Å². The summed E-state index contributed by atoms with van der Waals surface area (Å²) < 4.78 is 0. The molecule has 2 rings (SSSR count). The van der Waals surface area contributed by atoms with Gasteiger partial charge in [-0.25, -0.2) is 4.98 Å². The fourth-order valence-corrected chi connectivity index (χ4v) is 2.56. The van der Waals surface area contributed by atoms with E-state index in [1.54, 1.807) is 0 Å². The SMILES string of the molecule is CCCCc1nc(Cl)c(CNc2c(C)cccc2Cl)[nH]1. The van der Waals surface area contributed by atoms with E-state index in [4.69, 9.17) is 23.2 Å². The predicted molar refractivity (Wildman–Crippen MR) is 85.7 cm³/mol. The summed E-state index contributed by atoms with van der Waals surface area (Å²) in [5.41, 5.74) is 2.95. The van der Waals surface area contributed by atoms with Gasteiger partial charge in [0.1, 0.15) is 5.82 Å². The quantitative estimate of drug-likeness (QED) is 0.790. The Morgan fingerprint density at radius 2 is 2.10 bits per heavy atom. The summed E-state index contributed by atoms with van der Waals surface area (Å²) in [4.78, 5) is 7.62. The maximum Gasteiger partial charge on any atom is 0.152 e. The standard InChI is InChI=1S/C15H19Cl2N3/c1-3-4-8-13-19-12(15(17)20-13)9-18-14-10(2)6-5-7-11(14)16/h5-7,18H,3-4,8-9H2,1-2H3,(H,19,20). The number of nitrogens with one attached hydrogen (secondary N) is 2. The number of halogens is 2. The number of hydrogen-bond donors (Lipinski definition) is 2. The number of aromatic nitrogens is 2. The largest absolute Gasteiger partial charge is 0.378 e. The van der Waals surface area contributed by atoms with Crippen LogP contribution in [0.1, 0.15) is 36.8 Å². The van der Waals surface area contributed by atoms with Gasteiger partial charge in [-0.15, -0.1) is 0 Å². The smallest absolute Gasteiger partial charge is 0.152 e. The number of para-hydroxylation sites is 1. The number of benzene rings is 1. The van der Waals surface area contributed by atoms with Crippen molar-refractivity contribution in [1.82, 2.24) is 9.97 Å². The Morgan fingerprint density at radius 1 is 1.30 bits per heavy atom. The Hall–Kier alpha value is -1.19. The lowest BCUT2D eigenvalue weighted by Crippen LogP contribution is -2.02. The van der Waals surface area contributed by atoms with Crippen molar-refractivity contribution in [3.05, 3.63) is 45.5 Å². The van der Waals surface area contributed by atoms with Crippen molar-refractivity contribution in [3.63, 3.8) is 0 Å². The van der Waals surface area contributed by atoms with Crippen LogP contribution in [0, 0.1) is 6.92 Å². The minimum Gasteiger partial charge on any atom is -0.378 e. The van der Waals surface area contributed by atoms with Gasteiger partial charge in [-0.05, 0) is 25.0 Å². The molecule has 0 atom stereocenters. The molecule has 0 saturated carbocycles. The molecule has 0 aliphatic rings. The first-order chi connectivity index (χ1) is 9.61. The molecule has 0 radical (unpaired) electrons. The molecular formula is C15H19Cl2N3. The zero-order valence-corrected chi connectivity index (χ0v) is 13.3. The second kappa shape index (κ2) is 7.00. The van der Waals surface area contributed by atoms with Crippen LogP contribution in [-0.2, 0) is 13.0 Å². The molecule has 1 aromatic carbocycles. The highest BCUT2D eigenvalue weighted by Crippen LogP contribution is 2.26. The molecule has 0 bridgehead atoms. The van der Waals surface area contributed by atoms with E-state index in [1.165, 1.54) is 0 Å². The number of aryl methyl sites for hydroxylation is 2. The molecule has 0 spiro atoms. The summed E-state index contributed by atoms with van der Waals surface area (Å²) >= 11 is 12.3. The van der Waals surface area contributed by atoms with Gasteiger partial charge in [0.25, 0.3) is 0 Å². The van der Waals surface area contributed by atoms with Gasteiger partial charge in [0.2, 0.25) is 0 Å². The Balaban J connectivity index is 2.05. The fraction of sp³-hybridized carbons (Fsp3) is 0.400. The van der Waals surface area contributed by atoms with Crippen LogP contribution in [0.4, 0.5) is 5.69 Å². The molecule has 108 valence electrons. The first-order valence-corrected chi connectivity index (χ1v) is 7.59. The first kappa shape index (κ1) is 15.2. The maximum atomic E-state index is 6.19. The first-order valence-electron chi connectivity index (χ1n) is 6.84. The molecule has 0 aliphatic carbocycles. The number of aromatic amines is 1. The van der Waals surface area contributed by atoms with Crippen LogP contribution in [0.25, 0.3) is 0 Å². The van der Waals surface area contributed by atoms with Crippen molar-refractivity contribution >= 4 is 28.9 Å². The number of H-pyrrole nitrogens is 1. The summed E-state index contributed by atoms with van der Waals surface area (Å²) in [6.45, 7) is 4.77. The van der Waals surface area contributed by atoms with Crippen LogP contribution in [-0.4, -0.2) is 9.97 Å². The van der Waals surface area contributed by atoms with Crippen molar-refractivity contribution in [2.24, 2.45) is 0 Å². The normalized spacial score (nSPS) is 10.8. The molecule has 5 heteroatoms. The zero-order valence-electron chi connectivity index (χ0n) is 11.8. The molecule has 1 heterocycles. The minimum absolute atomic E-state index is 0.535. The molecule has 2 N–H and O–H groups in total. The van der Waals surface area contributed by atoms with Gasteiger partial charge in [-0.3, -0.25) is 0 Å². The van der Waals surface area contributed by atoms with Gasteiger partial charge in [-0.2, -0.15) is 0 Å². The molecule has 0 aliphatic heterocycles. The highest BCUT2D eigenvalue weighted by atomic mass is 35.5. The average Bonchev–Trinajstić information content (AvgIpc) is 2.76. The predicted octanol–water partition coefficient (Wildman–Crippen LogP) is 4.98. The van der Waals surface area contributed by atoms with Crippen molar-refractivity contribution in [1.29, 1.82) is 0 Å². The topological polar surface area (TPSA) is 40.7 Å². The van der Waals surface area contributed by atoms with Crippen molar-refractivity contribution in [2.75, 3.05) is 5.32 Å². The second-order valence-corrected chi connectivity index (χ2v) is 5.61. The molecule has 0 saturated heterocycles. The van der Waals surface area contributed by atoms with Gasteiger partial charge in [0, 0.05) is 6.42 Å². The summed E-state index contributed by atoms with van der Waals surface area (Å²) in [6, 6.07) is 5.84. The van der Waals surface area contributed by atoms with E-state index >= 15 is 0 Å². The van der Waals surface area contributed by atoms with Gasteiger partial charge in [0.05, 0.1) is 22.9 Å². The molecule has 0 unspecified atom stereocenters. The molecule has 0 amide bonds. The molecule has 1 aromatic heterocycles. The third-order valence-electron chi connectivity index (χ3n) is 3.21. The summed E-state index contributed by atoms with van der Waals surface area (Å²) in [5, 5.41) is 4.57. The van der Waals surface area contributed by atoms with Crippen LogP contribution in [0.5, 0.6) is 0 Å². The van der Waals surface area contributed by atoms with Gasteiger partial charge >= 0.3 is 0 Å². The van der Waals surface area contributed by atoms with E-state index in [0.29, 0.717) is 16.7 Å². The molecule has 20 heavy (non-hydrogen) atoms. The van der Waals surface area contributed by atoms with Crippen LogP contribution >= 0.6 is 23.2 Å². The zero-order chi connectivity index (χ0) is 14.5. The molecule has 2 aromatic rings. The van der Waals surface area contributed by atoms with Gasteiger partial charge in [0.15, 0.2) is 5.15 Å². The van der Waals surface area contributed by atoms with Gasteiger partial charge < -0.3 is 10.3 Å². The fourth-order valence-electron chi connectivity index (χ4n) is 2.05. The third-order valence-corrected chi connectivity index (χ3v) is 3.84. The number of rotatable bonds is 6. The number of unbranched alkanes of at least 4 members (excludes halogenated alkanes) is 1. The molecule has 0 fully saturated rings. The second-order valence-electron chi connectivity index (χ2n) is 4.84. The Labute approximate surface area is 129 Å². The van der Waals surface area contributed by atoms with Gasteiger partial charge in [-0.1, -0.05) is 48.7 Å². The summed E-state index contributed by atoms with van der Waals surface area (Å²) in [6.07, 6.45) is 3.19. The average molecular weight is 312 g/mol. The number of nitrogens with zero attached hydrogens (tertiary/aromatic N) is 1. The van der Waals surface area contributed by atoms with E-state index in [0.717, 1.165) is 42.0 Å². The number of hydrogen-bond acceptors (Lipinski definition) is 2. The highest BCUT2D eigenvalue weighted by Gasteiger charge is 2.09. The molecule has 3 nitrogen and oxygen atoms in total. The minimum atomic E-state index is 0.535. The lowest BCUT2D eigenvalue weighted by Gasteiger charge is -2.10. The molecular weight excluding hydrogens is 293 g/mol. The number of anilines is 1. The lowest BCUT2D eigenvalue weighted by molar-refractivity contribution is 0.760. The maximum absolute atomic E-state index is 6.19.